The maximum atomic E-state index is 14.0. The number of rotatable bonds is 3. The number of esters is 1. The van der Waals surface area contributed by atoms with Crippen LogP contribution in [0.2, 0.25) is 0 Å². The number of amides is 1. The third kappa shape index (κ3) is 2.65. The van der Waals surface area contributed by atoms with Crippen molar-refractivity contribution in [3.05, 3.63) is 30.1 Å². The standard InChI is InChI=1S/C16H14FNO5/c1-9(19)22-15-13(21)14(10-5-2-3-6-11(10)17)23-16(15)18-8-4-7-12(18)20/h2-3,5-6,21H,4,7-8H2,1H3. The van der Waals surface area contributed by atoms with Gasteiger partial charge in [-0.25, -0.2) is 4.39 Å². The molecule has 120 valence electrons. The van der Waals surface area contributed by atoms with Gasteiger partial charge in [0.2, 0.25) is 17.4 Å². The van der Waals surface area contributed by atoms with Crippen molar-refractivity contribution in [2.75, 3.05) is 11.4 Å². The molecule has 6 nitrogen and oxygen atoms in total. The molecule has 2 aromatic rings. The third-order valence-electron chi connectivity index (χ3n) is 3.51. The molecule has 1 aliphatic heterocycles. The number of halogens is 1. The highest BCUT2D eigenvalue weighted by Gasteiger charge is 2.33. The monoisotopic (exact) mass is 319 g/mol. The van der Waals surface area contributed by atoms with Crippen LogP contribution < -0.4 is 9.64 Å². The number of carbonyl (C=O) groups excluding carboxylic acids is 2. The van der Waals surface area contributed by atoms with Crippen molar-refractivity contribution < 1.29 is 28.2 Å². The Morgan fingerprint density at radius 2 is 2.13 bits per heavy atom. The molecular weight excluding hydrogens is 305 g/mol. The summed E-state index contributed by atoms with van der Waals surface area (Å²) in [7, 11) is 0. The molecule has 2 heterocycles. The van der Waals surface area contributed by atoms with E-state index in [1.54, 1.807) is 6.07 Å². The molecule has 1 fully saturated rings. The van der Waals surface area contributed by atoms with Crippen LogP contribution in [0.3, 0.4) is 0 Å². The fourth-order valence-electron chi connectivity index (χ4n) is 2.50. The first kappa shape index (κ1) is 15.1. The van der Waals surface area contributed by atoms with E-state index in [1.165, 1.54) is 23.1 Å². The lowest BCUT2D eigenvalue weighted by atomic mass is 10.1. The Morgan fingerprint density at radius 3 is 2.74 bits per heavy atom. The Kier molecular flexibility index (Phi) is 3.77. The number of aromatic hydroxyl groups is 1. The molecule has 0 radical (unpaired) electrons. The molecule has 1 saturated heterocycles. The van der Waals surface area contributed by atoms with E-state index < -0.39 is 17.5 Å². The first-order chi connectivity index (χ1) is 11.0. The summed E-state index contributed by atoms with van der Waals surface area (Å²) in [5, 5.41) is 10.3. The molecule has 0 bridgehead atoms. The molecule has 23 heavy (non-hydrogen) atoms. The van der Waals surface area contributed by atoms with Gasteiger partial charge in [0.1, 0.15) is 5.82 Å². The second-order valence-electron chi connectivity index (χ2n) is 5.14. The lowest BCUT2D eigenvalue weighted by Crippen LogP contribution is -2.24. The molecule has 7 heteroatoms. The van der Waals surface area contributed by atoms with Gasteiger partial charge in [-0.2, -0.15) is 0 Å². The zero-order valence-corrected chi connectivity index (χ0v) is 12.3. The van der Waals surface area contributed by atoms with Gasteiger partial charge < -0.3 is 14.3 Å². The van der Waals surface area contributed by atoms with E-state index in [9.17, 15) is 19.1 Å². The molecular formula is C16H14FNO5. The molecule has 1 N–H and O–H groups in total. The average Bonchev–Trinajstić information content (AvgIpc) is 3.05. The topological polar surface area (TPSA) is 80.0 Å². The highest BCUT2D eigenvalue weighted by Crippen LogP contribution is 2.49. The lowest BCUT2D eigenvalue weighted by Gasteiger charge is -2.13. The van der Waals surface area contributed by atoms with E-state index in [1.807, 2.05) is 0 Å². The summed E-state index contributed by atoms with van der Waals surface area (Å²) in [6.45, 7) is 1.53. The number of anilines is 1. The van der Waals surface area contributed by atoms with Crippen LogP contribution in [-0.4, -0.2) is 23.5 Å². The summed E-state index contributed by atoms with van der Waals surface area (Å²) in [6.07, 6.45) is 0.949. The highest BCUT2D eigenvalue weighted by atomic mass is 19.1. The molecule has 0 spiro atoms. The van der Waals surface area contributed by atoms with Gasteiger partial charge in [0.15, 0.2) is 5.76 Å². The number of benzene rings is 1. The number of furan rings is 1. The molecule has 0 unspecified atom stereocenters. The van der Waals surface area contributed by atoms with Crippen molar-refractivity contribution in [2.45, 2.75) is 19.8 Å². The molecule has 1 amide bonds. The Hall–Kier alpha value is -2.83. The molecule has 1 aliphatic rings. The van der Waals surface area contributed by atoms with Gasteiger partial charge in [0.25, 0.3) is 5.88 Å². The van der Waals surface area contributed by atoms with Crippen molar-refractivity contribution in [3.63, 3.8) is 0 Å². The van der Waals surface area contributed by atoms with Gasteiger partial charge in [0, 0.05) is 19.9 Å². The number of hydrogen-bond donors (Lipinski definition) is 1. The summed E-state index contributed by atoms with van der Waals surface area (Å²) >= 11 is 0. The van der Waals surface area contributed by atoms with E-state index in [4.69, 9.17) is 9.15 Å². The quantitative estimate of drug-likeness (QED) is 0.880. The van der Waals surface area contributed by atoms with Crippen molar-refractivity contribution in [3.8, 4) is 22.8 Å². The second-order valence-corrected chi connectivity index (χ2v) is 5.14. The molecule has 0 saturated carbocycles. The second kappa shape index (κ2) is 5.75. The predicted molar refractivity (Wildman–Crippen MR) is 78.7 cm³/mol. The smallest absolute Gasteiger partial charge is 0.308 e. The summed E-state index contributed by atoms with van der Waals surface area (Å²) in [4.78, 5) is 24.5. The van der Waals surface area contributed by atoms with Crippen LogP contribution in [0.1, 0.15) is 19.8 Å². The Morgan fingerprint density at radius 1 is 1.39 bits per heavy atom. The predicted octanol–water partition coefficient (Wildman–Crippen LogP) is 2.84. The van der Waals surface area contributed by atoms with E-state index in [0.29, 0.717) is 19.4 Å². The van der Waals surface area contributed by atoms with Crippen LogP contribution in [0, 0.1) is 5.82 Å². The summed E-state index contributed by atoms with van der Waals surface area (Å²) in [6, 6.07) is 5.70. The number of ether oxygens (including phenoxy) is 1. The lowest BCUT2D eigenvalue weighted by molar-refractivity contribution is -0.132. The SMILES string of the molecule is CC(=O)Oc1c(N2CCCC2=O)oc(-c2ccccc2F)c1O. The van der Waals surface area contributed by atoms with Gasteiger partial charge in [-0.3, -0.25) is 14.5 Å². The van der Waals surface area contributed by atoms with Crippen LogP contribution >= 0.6 is 0 Å². The largest absolute Gasteiger partial charge is 0.502 e. The summed E-state index contributed by atoms with van der Waals surface area (Å²) in [5.41, 5.74) is 0.0105. The van der Waals surface area contributed by atoms with E-state index in [0.717, 1.165) is 6.92 Å². The fraction of sp³-hybridized carbons (Fsp3) is 0.250. The van der Waals surface area contributed by atoms with Gasteiger partial charge in [-0.15, -0.1) is 0 Å². The third-order valence-corrected chi connectivity index (χ3v) is 3.51. The van der Waals surface area contributed by atoms with Crippen LogP contribution in [0.15, 0.2) is 28.7 Å². The van der Waals surface area contributed by atoms with E-state index in [-0.39, 0.29) is 28.9 Å². The van der Waals surface area contributed by atoms with Crippen molar-refractivity contribution in [1.82, 2.24) is 0 Å². The molecule has 0 aliphatic carbocycles. The molecule has 1 aromatic carbocycles. The first-order valence-electron chi connectivity index (χ1n) is 7.08. The van der Waals surface area contributed by atoms with E-state index in [2.05, 4.69) is 0 Å². The number of carbonyl (C=O) groups is 2. The Bertz CT molecular complexity index is 783. The highest BCUT2D eigenvalue weighted by molar-refractivity contribution is 5.97. The Labute approximate surface area is 131 Å². The molecule has 3 rings (SSSR count). The zero-order chi connectivity index (χ0) is 16.6. The summed E-state index contributed by atoms with van der Waals surface area (Å²) in [5.74, 6) is -2.56. The Balaban J connectivity index is 2.15. The maximum absolute atomic E-state index is 14.0. The van der Waals surface area contributed by atoms with Crippen LogP contribution in [-0.2, 0) is 9.59 Å². The minimum atomic E-state index is -0.686. The van der Waals surface area contributed by atoms with Crippen LogP contribution in [0.25, 0.3) is 11.3 Å². The minimum absolute atomic E-state index is 0.0105. The molecule has 0 atom stereocenters. The first-order valence-corrected chi connectivity index (χ1v) is 7.08. The molecule has 1 aromatic heterocycles. The fourth-order valence-corrected chi connectivity index (χ4v) is 2.50. The van der Waals surface area contributed by atoms with Gasteiger partial charge in [-0.05, 0) is 18.6 Å². The number of hydrogen-bond acceptors (Lipinski definition) is 5. The van der Waals surface area contributed by atoms with Crippen molar-refractivity contribution in [2.24, 2.45) is 0 Å². The van der Waals surface area contributed by atoms with E-state index >= 15 is 0 Å². The maximum Gasteiger partial charge on any atom is 0.308 e. The average molecular weight is 319 g/mol. The van der Waals surface area contributed by atoms with Crippen LogP contribution in [0.5, 0.6) is 11.5 Å². The zero-order valence-electron chi connectivity index (χ0n) is 12.3. The minimum Gasteiger partial charge on any atom is -0.502 e. The summed E-state index contributed by atoms with van der Waals surface area (Å²) < 4.78 is 24.4. The van der Waals surface area contributed by atoms with Crippen molar-refractivity contribution in [1.29, 1.82) is 0 Å². The van der Waals surface area contributed by atoms with Gasteiger partial charge in [0.05, 0.1) is 5.56 Å². The van der Waals surface area contributed by atoms with Gasteiger partial charge in [-0.1, -0.05) is 12.1 Å². The number of nitrogens with zero attached hydrogens (tertiary/aromatic N) is 1. The van der Waals surface area contributed by atoms with Crippen molar-refractivity contribution >= 4 is 17.8 Å². The van der Waals surface area contributed by atoms with Gasteiger partial charge >= 0.3 is 5.97 Å². The normalized spacial score (nSPS) is 14.3. The van der Waals surface area contributed by atoms with Crippen LogP contribution in [0.4, 0.5) is 10.3 Å².